The highest BCUT2D eigenvalue weighted by atomic mass is 31.0. The predicted molar refractivity (Wildman–Crippen MR) is 31.9 cm³/mol. The minimum atomic E-state index is 0.216. The molecule has 0 aromatic rings. The van der Waals surface area contributed by atoms with Crippen molar-refractivity contribution in [2.24, 2.45) is 0 Å². The van der Waals surface area contributed by atoms with E-state index >= 15 is 0 Å². The standard InChI is InChI=1S/C4H10NOP/c6-3-5-2-1-4(5)7/h4,6H,1-3,7H2. The molecular formula is C4H10NOP. The Morgan fingerprint density at radius 2 is 2.57 bits per heavy atom. The van der Waals surface area contributed by atoms with Crippen LogP contribution in [0.2, 0.25) is 0 Å². The van der Waals surface area contributed by atoms with Gasteiger partial charge in [0.1, 0.15) is 0 Å². The molecule has 0 aromatic heterocycles. The Morgan fingerprint density at radius 1 is 1.86 bits per heavy atom. The van der Waals surface area contributed by atoms with Gasteiger partial charge >= 0.3 is 0 Å². The maximum Gasteiger partial charge on any atom is 0.0961 e. The van der Waals surface area contributed by atoms with Crippen LogP contribution in [0.15, 0.2) is 0 Å². The van der Waals surface area contributed by atoms with Crippen LogP contribution in [0.25, 0.3) is 0 Å². The number of hydrogen-bond donors (Lipinski definition) is 1. The minimum absolute atomic E-state index is 0.216. The van der Waals surface area contributed by atoms with Crippen molar-refractivity contribution in [2.75, 3.05) is 13.3 Å². The number of nitrogens with zero attached hydrogens (tertiary/aromatic N) is 1. The zero-order valence-electron chi connectivity index (χ0n) is 4.17. The molecule has 0 saturated carbocycles. The van der Waals surface area contributed by atoms with Gasteiger partial charge < -0.3 is 5.11 Å². The van der Waals surface area contributed by atoms with Crippen LogP contribution in [0.5, 0.6) is 0 Å². The Balaban J connectivity index is 2.16. The number of aliphatic hydroxyl groups is 1. The second kappa shape index (κ2) is 2.08. The molecule has 7 heavy (non-hydrogen) atoms. The summed E-state index contributed by atoms with van der Waals surface area (Å²) in [6, 6.07) is 0. The number of aliphatic hydroxyl groups excluding tert-OH is 1. The summed E-state index contributed by atoms with van der Waals surface area (Å²) in [5.74, 6) is 0.546. The first-order valence-electron chi connectivity index (χ1n) is 2.45. The second-order valence-electron chi connectivity index (χ2n) is 1.81. The minimum Gasteiger partial charge on any atom is -0.381 e. The Morgan fingerprint density at radius 3 is 2.57 bits per heavy atom. The van der Waals surface area contributed by atoms with Gasteiger partial charge in [0.05, 0.1) is 6.73 Å². The summed E-state index contributed by atoms with van der Waals surface area (Å²) < 4.78 is 0. The van der Waals surface area contributed by atoms with E-state index in [0.717, 1.165) is 6.54 Å². The Hall–Kier alpha value is 0.350. The second-order valence-corrected chi connectivity index (χ2v) is 2.58. The molecule has 0 radical (unpaired) electrons. The lowest BCUT2D eigenvalue weighted by Gasteiger charge is -2.36. The highest BCUT2D eigenvalue weighted by Gasteiger charge is 2.21. The zero-order chi connectivity index (χ0) is 5.28. The molecule has 0 aromatic carbocycles. The van der Waals surface area contributed by atoms with E-state index in [1.54, 1.807) is 0 Å². The van der Waals surface area contributed by atoms with E-state index in [-0.39, 0.29) is 6.73 Å². The van der Waals surface area contributed by atoms with Crippen molar-refractivity contribution in [1.82, 2.24) is 4.90 Å². The van der Waals surface area contributed by atoms with Gasteiger partial charge in [0.25, 0.3) is 0 Å². The summed E-state index contributed by atoms with van der Waals surface area (Å²) in [6.07, 6.45) is 1.21. The summed E-state index contributed by atoms with van der Waals surface area (Å²) in [5.41, 5.74) is 0. The van der Waals surface area contributed by atoms with E-state index in [9.17, 15) is 0 Å². The van der Waals surface area contributed by atoms with Crippen molar-refractivity contribution in [3.63, 3.8) is 0 Å². The maximum absolute atomic E-state index is 8.47. The van der Waals surface area contributed by atoms with Gasteiger partial charge in [-0.2, -0.15) is 0 Å². The van der Waals surface area contributed by atoms with E-state index in [0.29, 0.717) is 5.78 Å². The molecule has 2 nitrogen and oxygen atoms in total. The van der Waals surface area contributed by atoms with Crippen molar-refractivity contribution in [1.29, 1.82) is 0 Å². The first-order valence-corrected chi connectivity index (χ1v) is 3.12. The van der Waals surface area contributed by atoms with Gasteiger partial charge in [-0.3, -0.25) is 4.90 Å². The van der Waals surface area contributed by atoms with Crippen LogP contribution in [0.3, 0.4) is 0 Å². The van der Waals surface area contributed by atoms with E-state index in [1.165, 1.54) is 6.42 Å². The lowest BCUT2D eigenvalue weighted by Crippen LogP contribution is -2.43. The average Bonchev–Trinajstić information content (AvgIpc) is 1.65. The molecule has 1 aliphatic rings. The topological polar surface area (TPSA) is 23.5 Å². The molecule has 0 amide bonds. The van der Waals surface area contributed by atoms with Crippen LogP contribution in [-0.4, -0.2) is 29.1 Å². The van der Waals surface area contributed by atoms with Crippen molar-refractivity contribution < 1.29 is 5.11 Å². The van der Waals surface area contributed by atoms with Crippen molar-refractivity contribution in [3.8, 4) is 0 Å². The third-order valence-electron chi connectivity index (χ3n) is 1.36. The lowest BCUT2D eigenvalue weighted by molar-refractivity contribution is 0.0414. The molecule has 1 heterocycles. The molecule has 0 bridgehead atoms. The van der Waals surface area contributed by atoms with Gasteiger partial charge in [0.2, 0.25) is 0 Å². The quantitative estimate of drug-likeness (QED) is 0.485. The van der Waals surface area contributed by atoms with E-state index < -0.39 is 0 Å². The fraction of sp³-hybridized carbons (Fsp3) is 1.00. The maximum atomic E-state index is 8.47. The molecule has 1 N–H and O–H groups in total. The largest absolute Gasteiger partial charge is 0.381 e. The highest BCUT2D eigenvalue weighted by molar-refractivity contribution is 7.17. The third-order valence-corrected chi connectivity index (χ3v) is 2.12. The Labute approximate surface area is 45.7 Å². The van der Waals surface area contributed by atoms with Crippen LogP contribution in [0, 0.1) is 0 Å². The number of hydrogen-bond acceptors (Lipinski definition) is 2. The van der Waals surface area contributed by atoms with Gasteiger partial charge in [0.15, 0.2) is 0 Å². The fourth-order valence-corrected chi connectivity index (χ4v) is 1.03. The smallest absolute Gasteiger partial charge is 0.0961 e. The summed E-state index contributed by atoms with van der Waals surface area (Å²) in [5, 5.41) is 8.47. The molecule has 1 fully saturated rings. The molecule has 2 unspecified atom stereocenters. The van der Waals surface area contributed by atoms with Gasteiger partial charge in [0, 0.05) is 12.3 Å². The molecular weight excluding hydrogens is 109 g/mol. The van der Waals surface area contributed by atoms with E-state index in [2.05, 4.69) is 9.24 Å². The Kier molecular flexibility index (Phi) is 1.63. The summed E-state index contributed by atoms with van der Waals surface area (Å²) in [6.45, 7) is 1.28. The first-order chi connectivity index (χ1) is 3.34. The molecule has 0 spiro atoms. The van der Waals surface area contributed by atoms with E-state index in [4.69, 9.17) is 5.11 Å². The third kappa shape index (κ3) is 0.933. The summed E-state index contributed by atoms with van der Waals surface area (Å²) in [4.78, 5) is 1.99. The van der Waals surface area contributed by atoms with Crippen LogP contribution in [0.1, 0.15) is 6.42 Å². The van der Waals surface area contributed by atoms with Crippen LogP contribution in [0.4, 0.5) is 0 Å². The van der Waals surface area contributed by atoms with Gasteiger partial charge in [-0.05, 0) is 6.42 Å². The molecule has 0 aliphatic carbocycles. The molecule has 1 saturated heterocycles. The normalized spacial score (nSPS) is 32.6. The highest BCUT2D eigenvalue weighted by Crippen LogP contribution is 2.20. The summed E-state index contributed by atoms with van der Waals surface area (Å²) in [7, 11) is 2.67. The number of rotatable bonds is 1. The van der Waals surface area contributed by atoms with Crippen LogP contribution >= 0.6 is 9.24 Å². The molecule has 1 aliphatic heterocycles. The monoisotopic (exact) mass is 119 g/mol. The van der Waals surface area contributed by atoms with Crippen molar-refractivity contribution >= 4 is 9.24 Å². The van der Waals surface area contributed by atoms with Gasteiger partial charge in [-0.25, -0.2) is 0 Å². The van der Waals surface area contributed by atoms with Crippen LogP contribution in [-0.2, 0) is 0 Å². The molecule has 1 rings (SSSR count). The zero-order valence-corrected chi connectivity index (χ0v) is 5.33. The van der Waals surface area contributed by atoms with Crippen molar-refractivity contribution in [3.05, 3.63) is 0 Å². The average molecular weight is 119 g/mol. The predicted octanol–water partition coefficient (Wildman–Crippen LogP) is -0.157. The van der Waals surface area contributed by atoms with E-state index in [1.807, 2.05) is 4.90 Å². The van der Waals surface area contributed by atoms with Crippen LogP contribution < -0.4 is 0 Å². The SMILES string of the molecule is OCN1CCC1P. The van der Waals surface area contributed by atoms with Crippen molar-refractivity contribution in [2.45, 2.75) is 12.2 Å². The Bertz CT molecular complexity index is 66.7. The number of likely N-dealkylation sites (tertiary alicyclic amines) is 1. The molecule has 2 atom stereocenters. The lowest BCUT2D eigenvalue weighted by atomic mass is 10.2. The fourth-order valence-electron chi connectivity index (χ4n) is 0.636. The van der Waals surface area contributed by atoms with Gasteiger partial charge in [-0.15, -0.1) is 9.24 Å². The molecule has 42 valence electrons. The summed E-state index contributed by atoms with van der Waals surface area (Å²) >= 11 is 0. The van der Waals surface area contributed by atoms with Gasteiger partial charge in [-0.1, -0.05) is 0 Å². The first kappa shape index (κ1) is 5.49. The molecule has 3 heteroatoms.